The smallest absolute Gasteiger partial charge is 0.358 e. The van der Waals surface area contributed by atoms with Crippen LogP contribution in [-0.2, 0) is 4.74 Å². The van der Waals surface area contributed by atoms with Crippen LogP contribution in [0, 0.1) is 6.92 Å². The number of esters is 1. The van der Waals surface area contributed by atoms with Crippen molar-refractivity contribution in [2.24, 2.45) is 0 Å². The number of hydrogen-bond donors (Lipinski definition) is 1. The van der Waals surface area contributed by atoms with Crippen molar-refractivity contribution in [3.63, 3.8) is 0 Å². The summed E-state index contributed by atoms with van der Waals surface area (Å²) in [5, 5.41) is 16.3. The van der Waals surface area contributed by atoms with E-state index in [-0.39, 0.29) is 5.69 Å². The van der Waals surface area contributed by atoms with E-state index in [2.05, 4.69) is 30.3 Å². The summed E-state index contributed by atoms with van der Waals surface area (Å²) in [5.41, 5.74) is 1.82. The largest absolute Gasteiger partial charge is 0.497 e. The predicted molar refractivity (Wildman–Crippen MR) is 105 cm³/mol. The quantitative estimate of drug-likeness (QED) is 0.513. The highest BCUT2D eigenvalue weighted by Crippen LogP contribution is 2.30. The zero-order chi connectivity index (χ0) is 19.7. The Morgan fingerprint density at radius 3 is 2.71 bits per heavy atom. The maximum absolute atomic E-state index is 11.5. The number of nitrogens with zero attached hydrogens (tertiary/aromatic N) is 5. The molecule has 28 heavy (non-hydrogen) atoms. The van der Waals surface area contributed by atoms with Gasteiger partial charge in [-0.1, -0.05) is 11.3 Å². The van der Waals surface area contributed by atoms with Crippen molar-refractivity contribution >= 4 is 39.2 Å². The molecule has 0 unspecified atom stereocenters. The number of fused-ring (bicyclic) bond motifs is 1. The van der Waals surface area contributed by atoms with Gasteiger partial charge < -0.3 is 14.8 Å². The molecular formula is C18H16N6O3S. The van der Waals surface area contributed by atoms with Crippen LogP contribution in [0.4, 0.5) is 11.6 Å². The Kier molecular flexibility index (Phi) is 4.62. The highest BCUT2D eigenvalue weighted by atomic mass is 32.1. The van der Waals surface area contributed by atoms with E-state index < -0.39 is 5.97 Å². The zero-order valence-corrected chi connectivity index (χ0v) is 16.1. The van der Waals surface area contributed by atoms with E-state index in [1.165, 1.54) is 18.4 Å². The molecule has 1 N–H and O–H groups in total. The van der Waals surface area contributed by atoms with E-state index in [0.717, 1.165) is 21.7 Å². The third kappa shape index (κ3) is 3.37. The molecule has 3 heterocycles. The molecule has 0 aliphatic carbocycles. The number of carbonyl (C=O) groups excluding carboxylic acids is 1. The van der Waals surface area contributed by atoms with Crippen molar-refractivity contribution in [3.05, 3.63) is 47.8 Å². The van der Waals surface area contributed by atoms with Crippen molar-refractivity contribution in [2.75, 3.05) is 19.5 Å². The van der Waals surface area contributed by atoms with E-state index in [1.54, 1.807) is 23.9 Å². The fraction of sp³-hybridized carbons (Fsp3) is 0.167. The Bertz CT molecular complexity index is 1150. The van der Waals surface area contributed by atoms with E-state index in [0.29, 0.717) is 16.8 Å². The fourth-order valence-corrected chi connectivity index (χ4v) is 3.55. The number of methoxy groups -OCH3 is 2. The summed E-state index contributed by atoms with van der Waals surface area (Å²) in [4.78, 5) is 16.1. The van der Waals surface area contributed by atoms with Crippen LogP contribution in [0.5, 0.6) is 5.75 Å². The number of aromatic nitrogens is 5. The van der Waals surface area contributed by atoms with Gasteiger partial charge in [0.1, 0.15) is 11.6 Å². The van der Waals surface area contributed by atoms with Gasteiger partial charge in [-0.2, -0.15) is 9.78 Å². The molecule has 3 aromatic heterocycles. The number of benzene rings is 1. The summed E-state index contributed by atoms with van der Waals surface area (Å²) in [5.74, 6) is 1.39. The highest BCUT2D eigenvalue weighted by Gasteiger charge is 2.14. The number of ether oxygens (including phenoxy) is 2. The number of thiazole rings is 1. The Morgan fingerprint density at radius 1 is 1.14 bits per heavy atom. The topological polar surface area (TPSA) is 104 Å². The lowest BCUT2D eigenvalue weighted by Crippen LogP contribution is -2.07. The second kappa shape index (κ2) is 7.24. The molecule has 0 aliphatic heterocycles. The van der Waals surface area contributed by atoms with Crippen molar-refractivity contribution in [1.29, 1.82) is 0 Å². The van der Waals surface area contributed by atoms with Crippen LogP contribution in [0.1, 0.15) is 16.2 Å². The van der Waals surface area contributed by atoms with Crippen LogP contribution in [0.3, 0.4) is 0 Å². The molecule has 0 atom stereocenters. The van der Waals surface area contributed by atoms with Gasteiger partial charge in [0.15, 0.2) is 11.5 Å². The van der Waals surface area contributed by atoms with Gasteiger partial charge in [0.05, 0.1) is 30.1 Å². The van der Waals surface area contributed by atoms with Gasteiger partial charge >= 0.3 is 5.97 Å². The SMILES string of the molecule is COC(=O)c1ccc(Nc2cc(C)nn2-c2nc3ccc(OC)cc3s2)nn1. The number of rotatable bonds is 5. The molecule has 142 valence electrons. The van der Waals surface area contributed by atoms with Crippen LogP contribution in [0.25, 0.3) is 15.3 Å². The van der Waals surface area contributed by atoms with Gasteiger partial charge in [-0.3, -0.25) is 0 Å². The molecule has 4 rings (SSSR count). The molecular weight excluding hydrogens is 380 g/mol. The first kappa shape index (κ1) is 17.9. The summed E-state index contributed by atoms with van der Waals surface area (Å²) >= 11 is 1.50. The van der Waals surface area contributed by atoms with Gasteiger partial charge in [0.2, 0.25) is 5.13 Å². The third-order valence-electron chi connectivity index (χ3n) is 3.91. The molecule has 0 saturated carbocycles. The Morgan fingerprint density at radius 2 is 2.00 bits per heavy atom. The monoisotopic (exact) mass is 396 g/mol. The minimum atomic E-state index is -0.537. The van der Waals surface area contributed by atoms with Gasteiger partial charge in [0.25, 0.3) is 0 Å². The maximum atomic E-state index is 11.5. The average Bonchev–Trinajstić information content (AvgIpc) is 3.30. The number of nitrogens with one attached hydrogen (secondary N) is 1. The van der Waals surface area contributed by atoms with Gasteiger partial charge in [-0.15, -0.1) is 10.2 Å². The van der Waals surface area contributed by atoms with Crippen molar-refractivity contribution < 1.29 is 14.3 Å². The van der Waals surface area contributed by atoms with Crippen LogP contribution in [-0.4, -0.2) is 45.2 Å². The predicted octanol–water partition coefficient (Wildman–Crippen LogP) is 3.12. The average molecular weight is 396 g/mol. The van der Waals surface area contributed by atoms with Crippen LogP contribution < -0.4 is 10.1 Å². The molecule has 9 nitrogen and oxygen atoms in total. The molecule has 0 spiro atoms. The van der Waals surface area contributed by atoms with Crippen LogP contribution in [0.15, 0.2) is 36.4 Å². The Balaban J connectivity index is 1.66. The molecule has 0 amide bonds. The van der Waals surface area contributed by atoms with E-state index in [4.69, 9.17) is 4.74 Å². The minimum Gasteiger partial charge on any atom is -0.497 e. The number of carbonyl (C=O) groups is 1. The lowest BCUT2D eigenvalue weighted by atomic mass is 10.3. The number of anilines is 2. The molecule has 0 bridgehead atoms. The summed E-state index contributed by atoms with van der Waals surface area (Å²) in [6.07, 6.45) is 0. The molecule has 0 aliphatic rings. The second-order valence-corrected chi connectivity index (χ2v) is 6.84. The van der Waals surface area contributed by atoms with Crippen LogP contribution in [0.2, 0.25) is 0 Å². The summed E-state index contributed by atoms with van der Waals surface area (Å²) < 4.78 is 12.6. The molecule has 0 saturated heterocycles. The Labute approximate surface area is 164 Å². The van der Waals surface area contributed by atoms with Gasteiger partial charge in [-0.25, -0.2) is 9.78 Å². The van der Waals surface area contributed by atoms with Crippen molar-refractivity contribution in [2.45, 2.75) is 6.92 Å². The fourth-order valence-electron chi connectivity index (χ4n) is 2.59. The summed E-state index contributed by atoms with van der Waals surface area (Å²) in [6.45, 7) is 1.89. The van der Waals surface area contributed by atoms with Crippen molar-refractivity contribution in [3.8, 4) is 10.9 Å². The lowest BCUT2D eigenvalue weighted by molar-refractivity contribution is 0.0593. The van der Waals surface area contributed by atoms with Gasteiger partial charge in [-0.05, 0) is 37.3 Å². The van der Waals surface area contributed by atoms with Crippen molar-refractivity contribution in [1.82, 2.24) is 25.0 Å². The first-order chi connectivity index (χ1) is 13.6. The Hall–Kier alpha value is -3.53. The second-order valence-electron chi connectivity index (χ2n) is 5.83. The molecule has 1 aromatic carbocycles. The summed E-state index contributed by atoms with van der Waals surface area (Å²) in [7, 11) is 2.93. The minimum absolute atomic E-state index is 0.137. The van der Waals surface area contributed by atoms with Gasteiger partial charge in [0, 0.05) is 6.07 Å². The normalized spacial score (nSPS) is 10.8. The maximum Gasteiger partial charge on any atom is 0.358 e. The standard InChI is InChI=1S/C18H16N6O3S/c1-10-8-16(20-15-7-6-13(21-22-15)17(25)27-3)24(23-10)18-19-12-5-4-11(26-2)9-14(12)28-18/h4-9H,1-3H3,(H,20,22). The summed E-state index contributed by atoms with van der Waals surface area (Å²) in [6, 6.07) is 10.8. The molecule has 0 radical (unpaired) electrons. The molecule has 10 heteroatoms. The third-order valence-corrected chi connectivity index (χ3v) is 4.91. The van der Waals surface area contributed by atoms with Crippen LogP contribution >= 0.6 is 11.3 Å². The molecule has 4 aromatic rings. The lowest BCUT2D eigenvalue weighted by Gasteiger charge is -2.06. The number of aryl methyl sites for hydroxylation is 1. The molecule has 0 fully saturated rings. The number of hydrogen-bond acceptors (Lipinski definition) is 9. The first-order valence-corrected chi connectivity index (χ1v) is 9.09. The first-order valence-electron chi connectivity index (χ1n) is 8.28. The highest BCUT2D eigenvalue weighted by molar-refractivity contribution is 7.20. The zero-order valence-electron chi connectivity index (χ0n) is 15.3. The van der Waals surface area contributed by atoms with E-state index in [1.807, 2.05) is 31.2 Å². The van der Waals surface area contributed by atoms with E-state index >= 15 is 0 Å². The van der Waals surface area contributed by atoms with E-state index in [9.17, 15) is 4.79 Å².